The van der Waals surface area contributed by atoms with Crippen molar-refractivity contribution < 1.29 is 14.4 Å². The molecule has 1 aromatic heterocycles. The molecule has 0 unspecified atom stereocenters. The zero-order valence-electron chi connectivity index (χ0n) is 13.3. The Balaban J connectivity index is 1.46. The molecule has 0 radical (unpaired) electrons. The van der Waals surface area contributed by atoms with E-state index in [-0.39, 0.29) is 42.0 Å². The van der Waals surface area contributed by atoms with Crippen molar-refractivity contribution in [1.29, 1.82) is 0 Å². The Morgan fingerprint density at radius 2 is 1.83 bits per heavy atom. The van der Waals surface area contributed by atoms with Gasteiger partial charge in [0, 0.05) is 0 Å². The minimum Gasteiger partial charge on any atom is -0.299 e. The van der Waals surface area contributed by atoms with Crippen LogP contribution < -0.4 is 5.32 Å². The summed E-state index contributed by atoms with van der Waals surface area (Å²) in [6.07, 6.45) is 6.78. The predicted molar refractivity (Wildman–Crippen MR) is 87.0 cm³/mol. The van der Waals surface area contributed by atoms with Crippen molar-refractivity contribution in [3.8, 4) is 0 Å². The normalized spacial score (nSPS) is 30.8. The van der Waals surface area contributed by atoms with E-state index in [2.05, 4.69) is 27.7 Å². The largest absolute Gasteiger partial charge is 0.299 e. The number of fused-ring (bicyclic) bond motifs is 1. The lowest BCUT2D eigenvalue weighted by molar-refractivity contribution is -0.142. The molecule has 5 rings (SSSR count). The molecule has 1 N–H and O–H groups in total. The average molecular weight is 346 g/mol. The summed E-state index contributed by atoms with van der Waals surface area (Å²) in [6.45, 7) is 1.71. The lowest BCUT2D eigenvalue weighted by Gasteiger charge is -2.38. The molecule has 1 aromatic rings. The van der Waals surface area contributed by atoms with Crippen LogP contribution in [0, 0.1) is 23.7 Å². The van der Waals surface area contributed by atoms with Crippen LogP contribution in [0.2, 0.25) is 0 Å². The highest BCUT2D eigenvalue weighted by atomic mass is 32.1. The number of aryl methyl sites for hydroxylation is 1. The molecule has 1 saturated heterocycles. The highest BCUT2D eigenvalue weighted by Gasteiger charge is 2.56. The molecule has 1 saturated carbocycles. The SMILES string of the molecule is CCc1nnc(NC(=O)CN2C(=O)[C@H]3[C@H](C2=O)[C@H]2C=C[C@H]3CC2)s1. The van der Waals surface area contributed by atoms with Crippen LogP contribution in [0.5, 0.6) is 0 Å². The smallest absolute Gasteiger partial charge is 0.246 e. The van der Waals surface area contributed by atoms with Gasteiger partial charge in [-0.1, -0.05) is 30.4 Å². The van der Waals surface area contributed by atoms with Gasteiger partial charge in [0.15, 0.2) is 0 Å². The van der Waals surface area contributed by atoms with E-state index >= 15 is 0 Å². The maximum absolute atomic E-state index is 12.6. The zero-order chi connectivity index (χ0) is 16.8. The number of rotatable bonds is 4. The molecule has 3 amide bonds. The first kappa shape index (κ1) is 15.4. The fourth-order valence-electron chi connectivity index (χ4n) is 4.04. The second-order valence-electron chi connectivity index (χ2n) is 6.51. The first-order valence-electron chi connectivity index (χ1n) is 8.24. The molecule has 0 aromatic carbocycles. The van der Waals surface area contributed by atoms with Gasteiger partial charge in [0.05, 0.1) is 11.8 Å². The van der Waals surface area contributed by atoms with Crippen LogP contribution in [-0.4, -0.2) is 39.4 Å². The van der Waals surface area contributed by atoms with Crippen molar-refractivity contribution >= 4 is 34.2 Å². The second kappa shape index (κ2) is 5.77. The van der Waals surface area contributed by atoms with E-state index in [0.717, 1.165) is 29.2 Å². The van der Waals surface area contributed by atoms with E-state index in [1.165, 1.54) is 11.3 Å². The molecule has 3 aliphatic carbocycles. The van der Waals surface area contributed by atoms with Gasteiger partial charge in [-0.25, -0.2) is 0 Å². The van der Waals surface area contributed by atoms with Crippen LogP contribution in [0.25, 0.3) is 0 Å². The maximum atomic E-state index is 12.6. The Labute approximate surface area is 143 Å². The molecule has 1 aliphatic heterocycles. The highest BCUT2D eigenvalue weighted by Crippen LogP contribution is 2.49. The molecule has 2 bridgehead atoms. The summed E-state index contributed by atoms with van der Waals surface area (Å²) in [5, 5.41) is 11.7. The number of aromatic nitrogens is 2. The molecule has 8 heteroatoms. The van der Waals surface area contributed by atoms with Gasteiger partial charge in [-0.2, -0.15) is 0 Å². The Bertz CT molecular complexity index is 711. The number of anilines is 1. The van der Waals surface area contributed by atoms with Crippen LogP contribution in [0.1, 0.15) is 24.8 Å². The first-order chi connectivity index (χ1) is 11.6. The number of nitrogens with one attached hydrogen (secondary N) is 1. The van der Waals surface area contributed by atoms with E-state index in [0.29, 0.717) is 5.13 Å². The van der Waals surface area contributed by atoms with Gasteiger partial charge in [0.2, 0.25) is 22.9 Å². The molecular formula is C16H18N4O3S. The van der Waals surface area contributed by atoms with Crippen molar-refractivity contribution in [2.24, 2.45) is 23.7 Å². The number of allylic oxidation sites excluding steroid dienone is 2. The molecule has 24 heavy (non-hydrogen) atoms. The summed E-state index contributed by atoms with van der Waals surface area (Å²) >= 11 is 1.30. The van der Waals surface area contributed by atoms with Gasteiger partial charge in [0.1, 0.15) is 11.6 Å². The number of likely N-dealkylation sites (tertiary alicyclic amines) is 1. The summed E-state index contributed by atoms with van der Waals surface area (Å²) in [7, 11) is 0. The fraction of sp³-hybridized carbons (Fsp3) is 0.562. The second-order valence-corrected chi connectivity index (χ2v) is 7.57. The minimum atomic E-state index is -0.408. The van der Waals surface area contributed by atoms with E-state index in [1.54, 1.807) is 0 Å². The number of imide groups is 1. The van der Waals surface area contributed by atoms with Gasteiger partial charge < -0.3 is 0 Å². The number of carbonyl (C=O) groups excluding carboxylic acids is 3. The Morgan fingerprint density at radius 1 is 1.21 bits per heavy atom. The first-order valence-corrected chi connectivity index (χ1v) is 9.06. The van der Waals surface area contributed by atoms with E-state index in [1.807, 2.05) is 6.92 Å². The molecule has 2 heterocycles. The third-order valence-corrected chi connectivity index (χ3v) is 6.15. The lowest BCUT2D eigenvalue weighted by Crippen LogP contribution is -2.38. The Morgan fingerprint density at radius 3 is 2.33 bits per heavy atom. The maximum Gasteiger partial charge on any atom is 0.246 e. The summed E-state index contributed by atoms with van der Waals surface area (Å²) in [4.78, 5) is 38.6. The van der Waals surface area contributed by atoms with E-state index < -0.39 is 5.91 Å². The van der Waals surface area contributed by atoms with Crippen molar-refractivity contribution in [2.75, 3.05) is 11.9 Å². The van der Waals surface area contributed by atoms with Crippen LogP contribution in [0.4, 0.5) is 5.13 Å². The lowest BCUT2D eigenvalue weighted by atomic mass is 9.63. The van der Waals surface area contributed by atoms with Crippen molar-refractivity contribution in [3.63, 3.8) is 0 Å². The summed E-state index contributed by atoms with van der Waals surface area (Å²) in [5.74, 6) is -1.09. The zero-order valence-corrected chi connectivity index (χ0v) is 14.1. The quantitative estimate of drug-likeness (QED) is 0.654. The predicted octanol–water partition coefficient (Wildman–Crippen LogP) is 1.24. The highest BCUT2D eigenvalue weighted by molar-refractivity contribution is 7.15. The summed E-state index contributed by atoms with van der Waals surface area (Å²) in [6, 6.07) is 0. The molecular weight excluding hydrogens is 328 g/mol. The van der Waals surface area contributed by atoms with Crippen LogP contribution >= 0.6 is 11.3 Å². The van der Waals surface area contributed by atoms with E-state index in [9.17, 15) is 14.4 Å². The van der Waals surface area contributed by atoms with Gasteiger partial charge in [-0.05, 0) is 31.1 Å². The van der Waals surface area contributed by atoms with Crippen molar-refractivity contribution in [3.05, 3.63) is 17.2 Å². The fourth-order valence-corrected chi connectivity index (χ4v) is 4.74. The minimum absolute atomic E-state index is 0.139. The molecule has 2 fully saturated rings. The van der Waals surface area contributed by atoms with Gasteiger partial charge >= 0.3 is 0 Å². The van der Waals surface area contributed by atoms with Crippen molar-refractivity contribution in [1.82, 2.24) is 15.1 Å². The number of carbonyl (C=O) groups is 3. The molecule has 4 atom stereocenters. The average Bonchev–Trinajstić information content (AvgIpc) is 3.15. The summed E-state index contributed by atoms with van der Waals surface area (Å²) in [5.41, 5.74) is 0. The monoisotopic (exact) mass is 346 g/mol. The van der Waals surface area contributed by atoms with Gasteiger partial charge in [-0.15, -0.1) is 10.2 Å². The number of hydrogen-bond donors (Lipinski definition) is 1. The van der Waals surface area contributed by atoms with Crippen molar-refractivity contribution in [2.45, 2.75) is 26.2 Å². The van der Waals surface area contributed by atoms with Crippen LogP contribution in [-0.2, 0) is 20.8 Å². The number of nitrogens with zero attached hydrogens (tertiary/aromatic N) is 3. The van der Waals surface area contributed by atoms with E-state index in [4.69, 9.17) is 0 Å². The van der Waals surface area contributed by atoms with Gasteiger partial charge in [-0.3, -0.25) is 24.6 Å². The Kier molecular flexibility index (Phi) is 3.71. The molecule has 0 spiro atoms. The topological polar surface area (TPSA) is 92.3 Å². The molecule has 4 aliphatic rings. The van der Waals surface area contributed by atoms with Gasteiger partial charge in [0.25, 0.3) is 0 Å². The Hall–Kier alpha value is -2.09. The third-order valence-electron chi connectivity index (χ3n) is 5.17. The number of amides is 3. The van der Waals surface area contributed by atoms with Crippen LogP contribution in [0.15, 0.2) is 12.2 Å². The molecule has 7 nitrogen and oxygen atoms in total. The third kappa shape index (κ3) is 2.36. The number of hydrogen-bond acceptors (Lipinski definition) is 6. The standard InChI is InChI=1S/C16H18N4O3S/c1-2-11-18-19-16(24-11)17-10(21)7-20-14(22)12-8-3-4-9(6-5-8)13(12)15(20)23/h3-4,8-9,12-13H,2,5-7H2,1H3,(H,17,19,21)/t8-,9-,12+,13+/m0/s1. The molecule has 126 valence electrons. The van der Waals surface area contributed by atoms with Crippen LogP contribution in [0.3, 0.4) is 0 Å². The summed E-state index contributed by atoms with van der Waals surface area (Å²) < 4.78 is 0.